The van der Waals surface area contributed by atoms with Gasteiger partial charge in [0.25, 0.3) is 17.1 Å². The van der Waals surface area contributed by atoms with Crippen molar-refractivity contribution in [2.75, 3.05) is 0 Å². The van der Waals surface area contributed by atoms with Crippen LogP contribution in [-0.4, -0.2) is 16.1 Å². The maximum Gasteiger partial charge on any atom is 0.291 e. The van der Waals surface area contributed by atoms with Gasteiger partial charge in [-0.15, -0.1) is 0 Å². The van der Waals surface area contributed by atoms with Gasteiger partial charge >= 0.3 is 0 Å². The number of nitro benzene ring substituents is 2. The van der Waals surface area contributed by atoms with Crippen LogP contribution in [0.3, 0.4) is 0 Å². The Morgan fingerprint density at radius 2 is 1.79 bits per heavy atom. The van der Waals surface area contributed by atoms with Crippen molar-refractivity contribution >= 4 is 23.3 Å². The molecular formula is C11H7ClN3O4. The van der Waals surface area contributed by atoms with Gasteiger partial charge in [0.15, 0.2) is 0 Å². The fraction of sp³-hybridized carbons (Fsp3) is 0. The highest BCUT2D eigenvalue weighted by molar-refractivity contribution is 5.84. The Morgan fingerprint density at radius 1 is 1.05 bits per heavy atom. The number of benzene rings is 1. The van der Waals surface area contributed by atoms with Gasteiger partial charge in [0, 0.05) is 18.2 Å². The maximum atomic E-state index is 10.9. The predicted octanol–water partition coefficient (Wildman–Crippen LogP) is -1.18. The molecule has 0 saturated carbocycles. The molecule has 1 aliphatic heterocycles. The van der Waals surface area contributed by atoms with Crippen LogP contribution in [0, 0.1) is 20.2 Å². The lowest BCUT2D eigenvalue weighted by Gasteiger charge is -1.98. The molecule has 0 fully saturated rings. The highest BCUT2D eigenvalue weighted by atomic mass is 35.5. The van der Waals surface area contributed by atoms with Gasteiger partial charge in [0.2, 0.25) is 6.21 Å². The minimum Gasteiger partial charge on any atom is -1.00 e. The standard InChI is InChI=1S/C11H7N3O4.ClH/c15-13(16)8-4-5-9(11(7-8)14(17)18)10-3-1-2-6-12-10;/h1-7H;1H/q+1;/p-1. The first-order valence-corrected chi connectivity index (χ1v) is 4.94. The van der Waals surface area contributed by atoms with E-state index >= 15 is 0 Å². The van der Waals surface area contributed by atoms with E-state index in [-0.39, 0.29) is 29.3 Å². The summed E-state index contributed by atoms with van der Waals surface area (Å²) in [6.45, 7) is 0. The fourth-order valence-electron chi connectivity index (χ4n) is 1.52. The highest BCUT2D eigenvalue weighted by Gasteiger charge is 2.26. The summed E-state index contributed by atoms with van der Waals surface area (Å²) in [6, 6.07) is 3.49. The quantitative estimate of drug-likeness (QED) is 0.514. The van der Waals surface area contributed by atoms with Crippen LogP contribution in [0.5, 0.6) is 0 Å². The summed E-state index contributed by atoms with van der Waals surface area (Å²) >= 11 is 0. The zero-order valence-electron chi connectivity index (χ0n) is 9.39. The zero-order chi connectivity index (χ0) is 13.1. The first-order valence-electron chi connectivity index (χ1n) is 4.94. The molecule has 2 rings (SSSR count). The topological polar surface area (TPSA) is 100 Å². The maximum absolute atomic E-state index is 10.9. The third-order valence-corrected chi connectivity index (χ3v) is 2.33. The van der Waals surface area contributed by atoms with Crippen molar-refractivity contribution in [3.05, 3.63) is 62.2 Å². The summed E-state index contributed by atoms with van der Waals surface area (Å²) in [7, 11) is 0. The van der Waals surface area contributed by atoms with Crippen molar-refractivity contribution < 1.29 is 22.3 Å². The number of rotatable bonds is 3. The van der Waals surface area contributed by atoms with Crippen LogP contribution in [0.1, 0.15) is 5.56 Å². The summed E-state index contributed by atoms with van der Waals surface area (Å²) in [5.74, 6) is 0. The van der Waals surface area contributed by atoms with E-state index in [4.69, 9.17) is 0 Å². The van der Waals surface area contributed by atoms with Gasteiger partial charge in [-0.1, -0.05) is 0 Å². The van der Waals surface area contributed by atoms with Crippen LogP contribution in [0.15, 0.2) is 36.4 Å². The van der Waals surface area contributed by atoms with Crippen LogP contribution in [0.4, 0.5) is 11.4 Å². The molecule has 7 nitrogen and oxygen atoms in total. The number of halogens is 1. The molecule has 1 heterocycles. The molecule has 1 aromatic rings. The van der Waals surface area contributed by atoms with Crippen molar-refractivity contribution in [3.63, 3.8) is 0 Å². The lowest BCUT2D eigenvalue weighted by Crippen LogP contribution is -3.00. The molecule has 1 radical (unpaired) electrons. The van der Waals surface area contributed by atoms with E-state index in [9.17, 15) is 20.2 Å². The molecular weight excluding hydrogens is 274 g/mol. The first kappa shape index (κ1) is 14.5. The van der Waals surface area contributed by atoms with Crippen molar-refractivity contribution in [2.24, 2.45) is 0 Å². The molecule has 0 amide bonds. The number of allylic oxidation sites excluding steroid dienone is 3. The van der Waals surface area contributed by atoms with Gasteiger partial charge in [-0.2, -0.15) is 0 Å². The van der Waals surface area contributed by atoms with Crippen LogP contribution in [0.2, 0.25) is 0 Å². The van der Waals surface area contributed by atoms with Crippen molar-refractivity contribution in [1.29, 1.82) is 0 Å². The molecule has 97 valence electrons. The van der Waals surface area contributed by atoms with Crippen LogP contribution >= 0.6 is 0 Å². The normalized spacial score (nSPS) is 12.5. The van der Waals surface area contributed by atoms with Crippen LogP contribution < -0.4 is 17.4 Å². The number of nitrogens with zero attached hydrogens (tertiary/aromatic N) is 3. The second-order valence-electron chi connectivity index (χ2n) is 3.43. The second kappa shape index (κ2) is 5.87. The fourth-order valence-corrected chi connectivity index (χ4v) is 1.52. The molecule has 0 bridgehead atoms. The summed E-state index contributed by atoms with van der Waals surface area (Å²) in [5.41, 5.74) is 0.00887. The molecule has 0 N–H and O–H groups in total. The number of nitro groups is 2. The average molecular weight is 281 g/mol. The van der Waals surface area contributed by atoms with E-state index in [1.807, 2.05) is 0 Å². The van der Waals surface area contributed by atoms with Gasteiger partial charge in [-0.05, 0) is 12.1 Å². The third kappa shape index (κ3) is 3.02. The van der Waals surface area contributed by atoms with E-state index in [1.165, 1.54) is 18.3 Å². The molecule has 0 unspecified atom stereocenters. The van der Waals surface area contributed by atoms with Crippen LogP contribution in [-0.2, 0) is 0 Å². The lowest BCUT2D eigenvalue weighted by atomic mass is 10.1. The van der Waals surface area contributed by atoms with E-state index in [2.05, 4.69) is 4.99 Å². The second-order valence-corrected chi connectivity index (χ2v) is 3.43. The van der Waals surface area contributed by atoms with Gasteiger partial charge in [0.05, 0.1) is 20.9 Å². The van der Waals surface area contributed by atoms with Gasteiger partial charge < -0.3 is 12.4 Å². The number of aliphatic imine (C=N–C) groups is 1. The number of hydrogen-bond donors (Lipinski definition) is 0. The van der Waals surface area contributed by atoms with Gasteiger partial charge in [0.1, 0.15) is 5.56 Å². The Hall–Kier alpha value is -2.54. The monoisotopic (exact) mass is 280 g/mol. The molecule has 0 aliphatic carbocycles. The molecule has 0 saturated heterocycles. The van der Waals surface area contributed by atoms with Crippen molar-refractivity contribution in [1.82, 2.24) is 4.99 Å². The van der Waals surface area contributed by atoms with Gasteiger partial charge in [-0.3, -0.25) is 20.2 Å². The van der Waals surface area contributed by atoms with E-state index in [0.29, 0.717) is 5.70 Å². The Kier molecular flexibility index (Phi) is 4.49. The summed E-state index contributed by atoms with van der Waals surface area (Å²) < 4.78 is 0. The minimum atomic E-state index is -0.671. The van der Waals surface area contributed by atoms with Crippen molar-refractivity contribution in [2.45, 2.75) is 0 Å². The molecule has 1 aromatic carbocycles. The van der Waals surface area contributed by atoms with E-state index < -0.39 is 9.85 Å². The van der Waals surface area contributed by atoms with Gasteiger partial charge in [-0.25, -0.2) is 0 Å². The predicted molar refractivity (Wildman–Crippen MR) is 65.1 cm³/mol. The molecule has 8 heteroatoms. The molecule has 1 aliphatic rings. The summed E-state index contributed by atoms with van der Waals surface area (Å²) in [5, 5.41) is 21.5. The molecule has 0 aromatic heterocycles. The largest absolute Gasteiger partial charge is 1.00 e. The SMILES string of the molecule is O=[N+]([O-])c1ccc(C2=CC=CC=[N+]2)c([N+](=O)[O-])c1.[Cl-]. The Labute approximate surface area is 113 Å². The lowest BCUT2D eigenvalue weighted by molar-refractivity contribution is -0.394. The highest BCUT2D eigenvalue weighted by Crippen LogP contribution is 2.29. The minimum absolute atomic E-state index is 0. The van der Waals surface area contributed by atoms with E-state index in [1.54, 1.807) is 18.2 Å². The molecule has 0 spiro atoms. The Morgan fingerprint density at radius 3 is 2.32 bits per heavy atom. The average Bonchev–Trinajstić information content (AvgIpc) is 2.39. The summed E-state index contributed by atoms with van der Waals surface area (Å²) in [4.78, 5) is 24.2. The zero-order valence-corrected chi connectivity index (χ0v) is 10.1. The van der Waals surface area contributed by atoms with Crippen LogP contribution in [0.25, 0.3) is 5.70 Å². The number of non-ortho nitro benzene ring substituents is 1. The number of hydrogen-bond acceptors (Lipinski definition) is 5. The summed E-state index contributed by atoms with van der Waals surface area (Å²) in [6.07, 6.45) is 6.48. The molecule has 19 heavy (non-hydrogen) atoms. The Balaban J connectivity index is 0.00000180. The van der Waals surface area contributed by atoms with E-state index in [0.717, 1.165) is 6.07 Å². The third-order valence-electron chi connectivity index (χ3n) is 2.33. The van der Waals surface area contributed by atoms with Crippen molar-refractivity contribution in [3.8, 4) is 0 Å². The smallest absolute Gasteiger partial charge is 0.291 e. The Bertz CT molecular complexity index is 622. The first-order chi connectivity index (χ1) is 8.59. The molecule has 0 atom stereocenters.